The van der Waals surface area contributed by atoms with E-state index in [2.05, 4.69) is 16.0 Å². The predicted octanol–water partition coefficient (Wildman–Crippen LogP) is -0.985. The topological polar surface area (TPSA) is 114 Å². The SMILES string of the molecule is O=C1CC(OC(=O)CCCC[C@H]2[C@H]3NC(=O)N[C@H]3CS2(=S)=S)C(=O)N1. The van der Waals surface area contributed by atoms with E-state index in [-0.39, 0.29) is 36.2 Å². The zero-order chi connectivity index (χ0) is 18.2. The molecule has 11 heteroatoms. The second-order valence-electron chi connectivity index (χ2n) is 6.46. The lowest BCUT2D eigenvalue weighted by atomic mass is 10.0. The Morgan fingerprint density at radius 1 is 1.20 bits per heavy atom. The fraction of sp³-hybridized carbons (Fsp3) is 0.714. The molecule has 3 fully saturated rings. The quantitative estimate of drug-likeness (QED) is 0.225. The number of imide groups is 1. The van der Waals surface area contributed by atoms with Crippen molar-refractivity contribution in [3.63, 3.8) is 0 Å². The molecular weight excluding hydrogens is 386 g/mol. The molecule has 3 N–H and O–H groups in total. The van der Waals surface area contributed by atoms with Crippen molar-refractivity contribution < 1.29 is 23.9 Å². The Balaban J connectivity index is 1.42. The van der Waals surface area contributed by atoms with Gasteiger partial charge < -0.3 is 15.4 Å². The fourth-order valence-electron chi connectivity index (χ4n) is 3.46. The van der Waals surface area contributed by atoms with E-state index >= 15 is 0 Å². The van der Waals surface area contributed by atoms with Gasteiger partial charge in [-0.25, -0.2) is 4.79 Å². The Labute approximate surface area is 154 Å². The van der Waals surface area contributed by atoms with Crippen molar-refractivity contribution in [2.45, 2.75) is 55.5 Å². The van der Waals surface area contributed by atoms with Crippen LogP contribution >= 0.6 is 0 Å². The van der Waals surface area contributed by atoms with Gasteiger partial charge in [-0.15, -0.1) is 0 Å². The molecular formula is C14H19N3O5S3. The van der Waals surface area contributed by atoms with Crippen LogP contribution in [-0.4, -0.2) is 53.0 Å². The summed E-state index contributed by atoms with van der Waals surface area (Å²) in [5.74, 6) is -0.824. The fourth-order valence-corrected chi connectivity index (χ4v) is 7.91. The molecule has 25 heavy (non-hydrogen) atoms. The number of amides is 4. The average molecular weight is 406 g/mol. The number of carbonyl (C=O) groups excluding carboxylic acids is 4. The summed E-state index contributed by atoms with van der Waals surface area (Å²) in [7, 11) is -1.62. The van der Waals surface area contributed by atoms with Gasteiger partial charge in [0.05, 0.1) is 18.5 Å². The largest absolute Gasteiger partial charge is 0.452 e. The minimum atomic E-state index is -1.62. The molecule has 0 radical (unpaired) electrons. The highest BCUT2D eigenvalue weighted by molar-refractivity contribution is 8.56. The lowest BCUT2D eigenvalue weighted by Gasteiger charge is -2.19. The standard InChI is InChI=1S/C14H19N3O5S3/c18-10-5-8(13(20)16-10)22-11(19)4-2-1-3-9-12-7(6-25(9,23)24)15-14(21)17-12/h7-9,12H,1-6H2,(H2,15,17,21)(H,16,18,20)/t7-,8?,9-,12-/m0/s1. The molecule has 4 amide bonds. The molecule has 3 aliphatic heterocycles. The molecule has 0 aromatic carbocycles. The van der Waals surface area contributed by atoms with E-state index in [1.165, 1.54) is 0 Å². The summed E-state index contributed by atoms with van der Waals surface area (Å²) in [5, 5.41) is 7.93. The molecule has 0 aliphatic carbocycles. The second kappa shape index (κ2) is 7.12. The minimum absolute atomic E-state index is 0.0161. The zero-order valence-corrected chi connectivity index (χ0v) is 15.8. The third kappa shape index (κ3) is 4.09. The highest BCUT2D eigenvalue weighted by Crippen LogP contribution is 2.29. The van der Waals surface area contributed by atoms with Crippen LogP contribution in [0, 0.1) is 0 Å². The van der Waals surface area contributed by atoms with Crippen LogP contribution < -0.4 is 16.0 Å². The van der Waals surface area contributed by atoms with Crippen LogP contribution in [-0.2, 0) is 48.6 Å². The van der Waals surface area contributed by atoms with Gasteiger partial charge in [-0.3, -0.25) is 19.7 Å². The van der Waals surface area contributed by atoms with E-state index in [1.807, 2.05) is 0 Å². The Kier molecular flexibility index (Phi) is 5.26. The first kappa shape index (κ1) is 18.5. The number of unbranched alkanes of at least 4 members (excludes halogenated alkanes) is 1. The number of esters is 1. The molecule has 3 saturated heterocycles. The summed E-state index contributed by atoms with van der Waals surface area (Å²) in [5.41, 5.74) is 0. The minimum Gasteiger partial charge on any atom is -0.452 e. The lowest BCUT2D eigenvalue weighted by molar-refractivity contribution is -0.154. The molecule has 1 unspecified atom stereocenters. The summed E-state index contributed by atoms with van der Waals surface area (Å²) in [6, 6.07) is -0.170. The van der Waals surface area contributed by atoms with Gasteiger partial charge >= 0.3 is 12.0 Å². The van der Waals surface area contributed by atoms with Crippen molar-refractivity contribution in [1.82, 2.24) is 16.0 Å². The molecule has 3 aliphatic rings. The lowest BCUT2D eigenvalue weighted by Crippen LogP contribution is -2.38. The van der Waals surface area contributed by atoms with Crippen molar-refractivity contribution in [2.75, 3.05) is 5.75 Å². The van der Waals surface area contributed by atoms with E-state index in [4.69, 9.17) is 27.1 Å². The van der Waals surface area contributed by atoms with Crippen molar-refractivity contribution >= 4 is 53.3 Å². The first-order chi connectivity index (χ1) is 11.8. The van der Waals surface area contributed by atoms with Crippen LogP contribution in [0.4, 0.5) is 4.79 Å². The van der Waals surface area contributed by atoms with Crippen LogP contribution in [0.5, 0.6) is 0 Å². The van der Waals surface area contributed by atoms with E-state index in [0.29, 0.717) is 12.2 Å². The maximum atomic E-state index is 11.8. The Hall–Kier alpha value is -1.33. The molecule has 138 valence electrons. The summed E-state index contributed by atoms with van der Waals surface area (Å²) in [6.45, 7) is 0. The van der Waals surface area contributed by atoms with Gasteiger partial charge in [0.1, 0.15) is 0 Å². The number of carbonyl (C=O) groups is 4. The van der Waals surface area contributed by atoms with Crippen LogP contribution in [0.2, 0.25) is 0 Å². The van der Waals surface area contributed by atoms with Crippen molar-refractivity contribution in [1.29, 1.82) is 0 Å². The number of urea groups is 1. The highest BCUT2D eigenvalue weighted by Gasteiger charge is 2.47. The third-order valence-corrected chi connectivity index (χ3v) is 9.22. The smallest absolute Gasteiger partial charge is 0.315 e. The number of nitrogens with one attached hydrogen (secondary N) is 3. The molecule has 0 aromatic rings. The van der Waals surface area contributed by atoms with E-state index in [1.54, 1.807) is 0 Å². The van der Waals surface area contributed by atoms with Gasteiger partial charge in [-0.1, -0.05) is 13.6 Å². The second-order valence-corrected chi connectivity index (χ2v) is 12.9. The highest BCUT2D eigenvalue weighted by atomic mass is 33.1. The number of hydrogen-bond acceptors (Lipinski definition) is 7. The van der Waals surface area contributed by atoms with Crippen LogP contribution in [0.1, 0.15) is 32.1 Å². The first-order valence-corrected chi connectivity index (χ1v) is 11.8. The number of hydrogen-bond donors (Lipinski definition) is 3. The van der Waals surface area contributed by atoms with Gasteiger partial charge in [0.15, 0.2) is 6.10 Å². The van der Waals surface area contributed by atoms with E-state index < -0.39 is 31.0 Å². The van der Waals surface area contributed by atoms with Gasteiger partial charge in [0, 0.05) is 17.4 Å². The molecule has 0 spiro atoms. The summed E-state index contributed by atoms with van der Waals surface area (Å²) in [6.07, 6.45) is 1.11. The maximum Gasteiger partial charge on any atom is 0.315 e. The molecule has 3 rings (SSSR count). The monoisotopic (exact) mass is 405 g/mol. The van der Waals surface area contributed by atoms with Crippen molar-refractivity contribution in [2.24, 2.45) is 0 Å². The van der Waals surface area contributed by atoms with E-state index in [9.17, 15) is 19.2 Å². The van der Waals surface area contributed by atoms with Gasteiger partial charge in [0.2, 0.25) is 5.91 Å². The number of ether oxygens (including phenoxy) is 1. The van der Waals surface area contributed by atoms with Crippen molar-refractivity contribution in [3.8, 4) is 0 Å². The number of fused-ring (bicyclic) bond motifs is 1. The molecule has 0 aromatic heterocycles. The summed E-state index contributed by atoms with van der Waals surface area (Å²) < 4.78 is 5.02. The summed E-state index contributed by atoms with van der Waals surface area (Å²) in [4.78, 5) is 45.6. The average Bonchev–Trinajstić information content (AvgIpc) is 3.06. The van der Waals surface area contributed by atoms with Crippen LogP contribution in [0.15, 0.2) is 0 Å². The Bertz CT molecular complexity index is 723. The molecule has 0 bridgehead atoms. The third-order valence-electron chi connectivity index (χ3n) is 4.64. The maximum absolute atomic E-state index is 11.8. The molecule has 8 nitrogen and oxygen atoms in total. The Morgan fingerprint density at radius 2 is 1.96 bits per heavy atom. The predicted molar refractivity (Wildman–Crippen MR) is 96.1 cm³/mol. The van der Waals surface area contributed by atoms with Gasteiger partial charge in [0.25, 0.3) is 5.91 Å². The van der Waals surface area contributed by atoms with Crippen molar-refractivity contribution in [3.05, 3.63) is 0 Å². The molecule has 4 atom stereocenters. The molecule has 0 saturated carbocycles. The van der Waals surface area contributed by atoms with Gasteiger partial charge in [-0.05, 0) is 35.2 Å². The van der Waals surface area contributed by atoms with Gasteiger partial charge in [-0.2, -0.15) is 0 Å². The summed E-state index contributed by atoms with van der Waals surface area (Å²) >= 11 is 11.2. The molecule has 3 heterocycles. The zero-order valence-electron chi connectivity index (χ0n) is 13.3. The Morgan fingerprint density at radius 3 is 2.64 bits per heavy atom. The van der Waals surface area contributed by atoms with Crippen LogP contribution in [0.25, 0.3) is 0 Å². The first-order valence-electron chi connectivity index (χ1n) is 8.08. The normalized spacial score (nSPS) is 32.7. The van der Waals surface area contributed by atoms with Crippen LogP contribution in [0.3, 0.4) is 0 Å². The number of rotatable bonds is 6. The van der Waals surface area contributed by atoms with E-state index in [0.717, 1.165) is 12.8 Å².